The molecule has 34 heavy (non-hydrogen) atoms. The standard InChI is InChI=1S/C24H22N2O7S/c1-16(27)21-8-3-4-9-22(21)25-23(28)15-33-24(29)17-6-5-7-20(14-17)34(30,31)26-18-10-12-19(32-2)13-11-18/h3-14,26H,15H2,1-2H3,(H,25,28). The van der Waals surface area contributed by atoms with E-state index in [2.05, 4.69) is 10.0 Å². The molecule has 0 aromatic heterocycles. The highest BCUT2D eigenvalue weighted by atomic mass is 32.2. The van der Waals surface area contributed by atoms with E-state index in [0.29, 0.717) is 22.7 Å². The first-order valence-corrected chi connectivity index (χ1v) is 11.5. The largest absolute Gasteiger partial charge is 0.497 e. The minimum absolute atomic E-state index is 0.0467. The molecule has 3 rings (SSSR count). The second kappa shape index (κ2) is 10.6. The fourth-order valence-corrected chi connectivity index (χ4v) is 4.07. The van der Waals surface area contributed by atoms with Crippen molar-refractivity contribution in [2.75, 3.05) is 23.8 Å². The molecule has 0 bridgehead atoms. The number of Topliss-reactive ketones (excluding diaryl/α,β-unsaturated/α-hetero) is 1. The number of sulfonamides is 1. The molecule has 0 heterocycles. The summed E-state index contributed by atoms with van der Waals surface area (Å²) in [5.41, 5.74) is 0.893. The van der Waals surface area contributed by atoms with Gasteiger partial charge < -0.3 is 14.8 Å². The molecule has 0 radical (unpaired) electrons. The fraction of sp³-hybridized carbons (Fsp3) is 0.125. The third kappa shape index (κ3) is 6.20. The van der Waals surface area contributed by atoms with Gasteiger partial charge in [0, 0.05) is 11.3 Å². The van der Waals surface area contributed by atoms with Gasteiger partial charge in [0.05, 0.1) is 23.3 Å². The van der Waals surface area contributed by atoms with Gasteiger partial charge in [-0.3, -0.25) is 14.3 Å². The van der Waals surface area contributed by atoms with Crippen LogP contribution >= 0.6 is 0 Å². The highest BCUT2D eigenvalue weighted by Crippen LogP contribution is 2.20. The zero-order chi connectivity index (χ0) is 24.7. The fourth-order valence-electron chi connectivity index (χ4n) is 2.96. The molecule has 10 heteroatoms. The van der Waals surface area contributed by atoms with E-state index in [9.17, 15) is 22.8 Å². The van der Waals surface area contributed by atoms with Gasteiger partial charge in [0.25, 0.3) is 15.9 Å². The Kier molecular flexibility index (Phi) is 7.64. The Morgan fingerprint density at radius 1 is 0.912 bits per heavy atom. The van der Waals surface area contributed by atoms with Crippen LogP contribution in [0.5, 0.6) is 5.75 Å². The molecule has 3 aromatic carbocycles. The topological polar surface area (TPSA) is 128 Å². The van der Waals surface area contributed by atoms with Crippen LogP contribution in [0.15, 0.2) is 77.7 Å². The van der Waals surface area contributed by atoms with Gasteiger partial charge in [0.2, 0.25) is 0 Å². The number of ketones is 1. The molecule has 1 amide bonds. The molecule has 3 aromatic rings. The van der Waals surface area contributed by atoms with Gasteiger partial charge in [0.1, 0.15) is 5.75 Å². The van der Waals surface area contributed by atoms with E-state index in [1.54, 1.807) is 36.4 Å². The zero-order valence-corrected chi connectivity index (χ0v) is 19.2. The van der Waals surface area contributed by atoms with Crippen LogP contribution in [0.1, 0.15) is 27.6 Å². The summed E-state index contributed by atoms with van der Waals surface area (Å²) < 4.78 is 37.9. The van der Waals surface area contributed by atoms with Gasteiger partial charge in [-0.05, 0) is 61.5 Å². The first kappa shape index (κ1) is 24.5. The minimum atomic E-state index is -3.98. The maximum atomic E-state index is 12.7. The smallest absolute Gasteiger partial charge is 0.338 e. The number of hydrogen-bond donors (Lipinski definition) is 2. The molecule has 2 N–H and O–H groups in total. The number of amides is 1. The number of anilines is 2. The van der Waals surface area contributed by atoms with E-state index < -0.39 is 28.5 Å². The molecule has 176 valence electrons. The Morgan fingerprint density at radius 3 is 2.29 bits per heavy atom. The van der Waals surface area contributed by atoms with Crippen LogP contribution in [0.4, 0.5) is 11.4 Å². The second-order valence-electron chi connectivity index (χ2n) is 7.09. The lowest BCUT2D eigenvalue weighted by Gasteiger charge is -2.11. The molecular formula is C24H22N2O7S. The maximum absolute atomic E-state index is 12.7. The average molecular weight is 483 g/mol. The minimum Gasteiger partial charge on any atom is -0.497 e. The number of benzene rings is 3. The summed E-state index contributed by atoms with van der Waals surface area (Å²) >= 11 is 0. The Bertz CT molecular complexity index is 1320. The summed E-state index contributed by atoms with van der Waals surface area (Å²) in [6.45, 7) is 0.752. The molecule has 0 saturated carbocycles. The van der Waals surface area contributed by atoms with Crippen molar-refractivity contribution in [1.82, 2.24) is 0 Å². The van der Waals surface area contributed by atoms with Gasteiger partial charge in [0.15, 0.2) is 12.4 Å². The molecule has 0 fully saturated rings. The molecule has 9 nitrogen and oxygen atoms in total. The number of rotatable bonds is 9. The van der Waals surface area contributed by atoms with Crippen molar-refractivity contribution in [3.63, 3.8) is 0 Å². The van der Waals surface area contributed by atoms with Crippen molar-refractivity contribution in [1.29, 1.82) is 0 Å². The quantitative estimate of drug-likeness (QED) is 0.353. The third-order valence-electron chi connectivity index (χ3n) is 4.64. The van der Waals surface area contributed by atoms with E-state index >= 15 is 0 Å². The van der Waals surface area contributed by atoms with Crippen LogP contribution in [0.2, 0.25) is 0 Å². The summed E-state index contributed by atoms with van der Waals surface area (Å²) in [6.07, 6.45) is 0. The van der Waals surface area contributed by atoms with Gasteiger partial charge in [-0.25, -0.2) is 13.2 Å². The average Bonchev–Trinajstić information content (AvgIpc) is 2.83. The van der Waals surface area contributed by atoms with Gasteiger partial charge >= 0.3 is 5.97 Å². The van der Waals surface area contributed by atoms with Gasteiger partial charge in [-0.1, -0.05) is 18.2 Å². The van der Waals surface area contributed by atoms with Crippen LogP contribution in [0, 0.1) is 0 Å². The third-order valence-corrected chi connectivity index (χ3v) is 6.02. The highest BCUT2D eigenvalue weighted by molar-refractivity contribution is 7.92. The van der Waals surface area contributed by atoms with Crippen molar-refractivity contribution < 1.29 is 32.3 Å². The van der Waals surface area contributed by atoms with E-state index in [4.69, 9.17) is 9.47 Å². The number of esters is 1. The lowest BCUT2D eigenvalue weighted by molar-refractivity contribution is -0.119. The number of hydrogen-bond acceptors (Lipinski definition) is 7. The molecule has 0 unspecified atom stereocenters. The molecule has 0 atom stereocenters. The summed E-state index contributed by atoms with van der Waals surface area (Å²) in [6, 6.07) is 18.0. The Labute approximate surface area is 196 Å². The Balaban J connectivity index is 1.65. The lowest BCUT2D eigenvalue weighted by Crippen LogP contribution is -2.22. The number of carbonyl (C=O) groups is 3. The Morgan fingerprint density at radius 2 is 1.62 bits per heavy atom. The van der Waals surface area contributed by atoms with Crippen molar-refractivity contribution in [2.24, 2.45) is 0 Å². The van der Waals surface area contributed by atoms with Crippen LogP contribution in [0.25, 0.3) is 0 Å². The Hall–Kier alpha value is -4.18. The van der Waals surface area contributed by atoms with E-state index in [1.165, 1.54) is 44.4 Å². The van der Waals surface area contributed by atoms with Crippen LogP contribution < -0.4 is 14.8 Å². The summed E-state index contributed by atoms with van der Waals surface area (Å²) in [5, 5.41) is 2.52. The van der Waals surface area contributed by atoms with E-state index in [0.717, 1.165) is 6.07 Å². The molecular weight excluding hydrogens is 460 g/mol. The zero-order valence-electron chi connectivity index (χ0n) is 18.4. The number of ether oxygens (including phenoxy) is 2. The van der Waals surface area contributed by atoms with Crippen molar-refractivity contribution in [3.05, 3.63) is 83.9 Å². The number of para-hydroxylation sites is 1. The summed E-state index contributed by atoms with van der Waals surface area (Å²) in [7, 11) is -2.49. The van der Waals surface area contributed by atoms with Crippen molar-refractivity contribution in [2.45, 2.75) is 11.8 Å². The van der Waals surface area contributed by atoms with Crippen LogP contribution in [-0.2, 0) is 19.6 Å². The summed E-state index contributed by atoms with van der Waals surface area (Å²) in [4.78, 5) is 36.1. The highest BCUT2D eigenvalue weighted by Gasteiger charge is 2.18. The van der Waals surface area contributed by atoms with Crippen molar-refractivity contribution >= 4 is 39.1 Å². The van der Waals surface area contributed by atoms with Crippen LogP contribution in [-0.4, -0.2) is 39.8 Å². The second-order valence-corrected chi connectivity index (χ2v) is 8.77. The number of carbonyl (C=O) groups excluding carboxylic acids is 3. The first-order chi connectivity index (χ1) is 16.2. The molecule has 0 saturated heterocycles. The molecule has 0 aliphatic rings. The molecule has 0 aliphatic carbocycles. The number of nitrogens with one attached hydrogen (secondary N) is 2. The van der Waals surface area contributed by atoms with Crippen LogP contribution in [0.3, 0.4) is 0 Å². The molecule has 0 aliphatic heterocycles. The normalized spacial score (nSPS) is 10.8. The molecule has 0 spiro atoms. The first-order valence-electron chi connectivity index (χ1n) is 10.0. The maximum Gasteiger partial charge on any atom is 0.338 e. The van der Waals surface area contributed by atoms with Crippen molar-refractivity contribution in [3.8, 4) is 5.75 Å². The van der Waals surface area contributed by atoms with E-state index in [-0.39, 0.29) is 16.2 Å². The SMILES string of the molecule is COc1ccc(NS(=O)(=O)c2cccc(C(=O)OCC(=O)Nc3ccccc3C(C)=O)c2)cc1. The van der Waals surface area contributed by atoms with Gasteiger partial charge in [-0.15, -0.1) is 0 Å². The van der Waals surface area contributed by atoms with E-state index in [1.807, 2.05) is 0 Å². The monoisotopic (exact) mass is 482 g/mol. The lowest BCUT2D eigenvalue weighted by atomic mass is 10.1. The number of methoxy groups -OCH3 is 1. The summed E-state index contributed by atoms with van der Waals surface area (Å²) in [5.74, 6) is -1.18. The predicted octanol–water partition coefficient (Wildman–Crippen LogP) is 3.49. The van der Waals surface area contributed by atoms with Gasteiger partial charge in [-0.2, -0.15) is 0 Å². The predicted molar refractivity (Wildman–Crippen MR) is 126 cm³/mol.